The number of carboxylic acids is 1. The number of thioether (sulfide) groups is 1. The predicted molar refractivity (Wildman–Crippen MR) is 63.8 cm³/mol. The summed E-state index contributed by atoms with van der Waals surface area (Å²) in [5.41, 5.74) is 0. The summed E-state index contributed by atoms with van der Waals surface area (Å²) >= 11 is 1.06. The summed E-state index contributed by atoms with van der Waals surface area (Å²) in [6, 6.07) is 0. The van der Waals surface area contributed by atoms with Gasteiger partial charge in [0.05, 0.1) is 18.1 Å². The van der Waals surface area contributed by atoms with Gasteiger partial charge in [-0.2, -0.15) is 0 Å². The van der Waals surface area contributed by atoms with Crippen LogP contribution in [0.15, 0.2) is 0 Å². The van der Waals surface area contributed by atoms with E-state index in [1.54, 1.807) is 0 Å². The van der Waals surface area contributed by atoms with Crippen LogP contribution in [-0.2, 0) is 19.1 Å². The molecule has 0 aromatic rings. The van der Waals surface area contributed by atoms with Crippen molar-refractivity contribution in [3.05, 3.63) is 0 Å². The minimum absolute atomic E-state index is 0.103. The molecule has 0 spiro atoms. The molecule has 7 heteroatoms. The maximum atomic E-state index is 11.2. The van der Waals surface area contributed by atoms with E-state index in [2.05, 4.69) is 10.1 Å². The maximum absolute atomic E-state index is 11.2. The fourth-order valence-electron chi connectivity index (χ4n) is 0.886. The number of rotatable bonds is 8. The van der Waals surface area contributed by atoms with E-state index in [0.717, 1.165) is 11.8 Å². The summed E-state index contributed by atoms with van der Waals surface area (Å²) in [5.74, 6) is -1.37. The van der Waals surface area contributed by atoms with Gasteiger partial charge in [0.25, 0.3) is 0 Å². The van der Waals surface area contributed by atoms with Gasteiger partial charge in [-0.25, -0.2) is 0 Å². The van der Waals surface area contributed by atoms with Crippen LogP contribution >= 0.6 is 11.8 Å². The van der Waals surface area contributed by atoms with Gasteiger partial charge in [-0.1, -0.05) is 0 Å². The average molecular weight is 263 g/mol. The number of hydrogen-bond acceptors (Lipinski definition) is 5. The molecule has 0 heterocycles. The smallest absolute Gasteiger partial charge is 0.316 e. The fourth-order valence-corrected chi connectivity index (χ4v) is 1.53. The lowest BCUT2D eigenvalue weighted by molar-refractivity contribution is -0.141. The lowest BCUT2D eigenvalue weighted by Crippen LogP contribution is -2.28. The second kappa shape index (κ2) is 8.86. The molecule has 98 valence electrons. The van der Waals surface area contributed by atoms with Crippen molar-refractivity contribution in [1.29, 1.82) is 0 Å². The van der Waals surface area contributed by atoms with Crippen molar-refractivity contribution in [2.45, 2.75) is 25.0 Å². The number of carboxylic acid groups (broad SMARTS) is 1. The van der Waals surface area contributed by atoms with Crippen LogP contribution in [0.2, 0.25) is 0 Å². The normalized spacial score (nSPS) is 11.6. The van der Waals surface area contributed by atoms with Gasteiger partial charge < -0.3 is 15.2 Å². The third kappa shape index (κ3) is 8.56. The zero-order valence-corrected chi connectivity index (χ0v) is 10.7. The van der Waals surface area contributed by atoms with Crippen LogP contribution in [-0.4, -0.2) is 47.6 Å². The number of carbonyl (C=O) groups is 3. The number of carbonyl (C=O) groups excluding carboxylic acids is 2. The summed E-state index contributed by atoms with van der Waals surface area (Å²) in [6.45, 7) is 1.91. The lowest BCUT2D eigenvalue weighted by atomic mass is 10.3. The fraction of sp³-hybridized carbons (Fsp3) is 0.700. The number of aliphatic carboxylic acids is 1. The Kier molecular flexibility index (Phi) is 8.21. The molecule has 0 fully saturated rings. The Labute approximate surface area is 104 Å². The van der Waals surface area contributed by atoms with E-state index in [1.165, 1.54) is 14.0 Å². The average Bonchev–Trinajstić information content (AvgIpc) is 2.30. The third-order valence-corrected chi connectivity index (χ3v) is 3.05. The number of hydrogen-bond donors (Lipinski definition) is 2. The van der Waals surface area contributed by atoms with Gasteiger partial charge in [0.2, 0.25) is 5.91 Å². The van der Waals surface area contributed by atoms with Crippen LogP contribution < -0.4 is 5.32 Å². The molecule has 0 saturated heterocycles. The molecule has 1 atom stereocenters. The molecule has 0 aliphatic rings. The van der Waals surface area contributed by atoms with Crippen LogP contribution in [0.25, 0.3) is 0 Å². The van der Waals surface area contributed by atoms with Gasteiger partial charge in [0.1, 0.15) is 0 Å². The molecular formula is C10H17NO5S. The van der Waals surface area contributed by atoms with Crippen molar-refractivity contribution in [2.24, 2.45) is 0 Å². The molecule has 0 aliphatic carbocycles. The topological polar surface area (TPSA) is 92.7 Å². The van der Waals surface area contributed by atoms with Crippen molar-refractivity contribution in [2.75, 3.05) is 19.4 Å². The van der Waals surface area contributed by atoms with Gasteiger partial charge >= 0.3 is 11.9 Å². The molecule has 17 heavy (non-hydrogen) atoms. The molecular weight excluding hydrogens is 246 g/mol. The summed E-state index contributed by atoms with van der Waals surface area (Å²) in [7, 11) is 1.31. The Balaban J connectivity index is 3.53. The molecule has 0 radical (unpaired) electrons. The predicted octanol–water partition coefficient (Wildman–Crippen LogP) is 0.262. The first kappa shape index (κ1) is 15.8. The van der Waals surface area contributed by atoms with Gasteiger partial charge in [-0.05, 0) is 13.3 Å². The van der Waals surface area contributed by atoms with Crippen molar-refractivity contribution in [3.8, 4) is 0 Å². The Morgan fingerprint density at radius 2 is 2.06 bits per heavy atom. The molecule has 0 bridgehead atoms. The molecule has 2 N–H and O–H groups in total. The van der Waals surface area contributed by atoms with E-state index in [-0.39, 0.29) is 24.1 Å². The van der Waals surface area contributed by atoms with Gasteiger partial charge in [0, 0.05) is 13.0 Å². The zero-order chi connectivity index (χ0) is 13.3. The summed E-state index contributed by atoms with van der Waals surface area (Å²) in [5, 5.41) is 10.6. The summed E-state index contributed by atoms with van der Waals surface area (Å²) in [6.07, 6.45) is 0.771. The monoisotopic (exact) mass is 263 g/mol. The largest absolute Gasteiger partial charge is 0.480 e. The lowest BCUT2D eigenvalue weighted by Gasteiger charge is -2.06. The second-order valence-corrected chi connectivity index (χ2v) is 4.65. The van der Waals surface area contributed by atoms with E-state index in [4.69, 9.17) is 5.11 Å². The van der Waals surface area contributed by atoms with Gasteiger partial charge in [0.15, 0.2) is 0 Å². The number of amides is 1. The highest BCUT2D eigenvalue weighted by Gasteiger charge is 2.13. The Bertz CT molecular complexity index is 282. The summed E-state index contributed by atoms with van der Waals surface area (Å²) in [4.78, 5) is 32.5. The highest BCUT2D eigenvalue weighted by Crippen LogP contribution is 2.09. The minimum atomic E-state index is -0.937. The van der Waals surface area contributed by atoms with Gasteiger partial charge in [-0.15, -0.1) is 11.8 Å². The number of nitrogens with one attached hydrogen (secondary N) is 1. The van der Waals surface area contributed by atoms with Crippen molar-refractivity contribution >= 4 is 29.6 Å². The van der Waals surface area contributed by atoms with Gasteiger partial charge in [-0.3, -0.25) is 14.4 Å². The van der Waals surface area contributed by atoms with Crippen molar-refractivity contribution in [1.82, 2.24) is 5.32 Å². The minimum Gasteiger partial charge on any atom is -0.480 e. The number of methoxy groups -OCH3 is 1. The highest BCUT2D eigenvalue weighted by atomic mass is 32.2. The quantitative estimate of drug-likeness (QED) is 0.482. The first-order valence-electron chi connectivity index (χ1n) is 5.15. The van der Waals surface area contributed by atoms with E-state index < -0.39 is 11.2 Å². The Morgan fingerprint density at radius 3 is 2.59 bits per heavy atom. The molecule has 1 unspecified atom stereocenters. The molecule has 6 nitrogen and oxygen atoms in total. The molecule has 0 aliphatic heterocycles. The number of esters is 1. The highest BCUT2D eigenvalue weighted by molar-refractivity contribution is 8.01. The molecule has 0 saturated carbocycles. The van der Waals surface area contributed by atoms with E-state index in [9.17, 15) is 14.4 Å². The molecule has 0 aromatic heterocycles. The van der Waals surface area contributed by atoms with Crippen molar-refractivity contribution in [3.63, 3.8) is 0 Å². The van der Waals surface area contributed by atoms with Crippen molar-refractivity contribution < 1.29 is 24.2 Å². The number of ether oxygens (including phenoxy) is 1. The van der Waals surface area contributed by atoms with Crippen LogP contribution in [0.5, 0.6) is 0 Å². The SMILES string of the molecule is COC(=O)CCCNC(=O)CSC(C)C(=O)O. The standard InChI is InChI=1S/C10H17NO5S/c1-7(10(14)15)17-6-8(12)11-5-3-4-9(13)16-2/h7H,3-6H2,1-2H3,(H,11,12)(H,14,15). The molecule has 0 rings (SSSR count). The Morgan fingerprint density at radius 1 is 1.41 bits per heavy atom. The Hall–Kier alpha value is -1.24. The first-order chi connectivity index (χ1) is 7.97. The van der Waals surface area contributed by atoms with E-state index >= 15 is 0 Å². The van der Waals surface area contributed by atoms with E-state index in [0.29, 0.717) is 13.0 Å². The molecule has 0 aromatic carbocycles. The first-order valence-corrected chi connectivity index (χ1v) is 6.20. The van der Waals surface area contributed by atoms with Crippen LogP contribution in [0.3, 0.4) is 0 Å². The molecule has 1 amide bonds. The van der Waals surface area contributed by atoms with Crippen LogP contribution in [0, 0.1) is 0 Å². The maximum Gasteiger partial charge on any atom is 0.316 e. The summed E-state index contributed by atoms with van der Waals surface area (Å²) < 4.78 is 4.44. The zero-order valence-electron chi connectivity index (χ0n) is 9.89. The van der Waals surface area contributed by atoms with Crippen LogP contribution in [0.4, 0.5) is 0 Å². The van der Waals surface area contributed by atoms with Crippen LogP contribution in [0.1, 0.15) is 19.8 Å². The third-order valence-electron chi connectivity index (χ3n) is 1.92. The van der Waals surface area contributed by atoms with E-state index in [1.807, 2.05) is 0 Å². The second-order valence-electron chi connectivity index (χ2n) is 3.32.